The number of carbonyl (C=O) groups excluding carboxylic acids is 1. The quantitative estimate of drug-likeness (QED) is 0.937. The molecule has 3 rings (SSSR count). The second-order valence-corrected chi connectivity index (χ2v) is 5.19. The summed E-state index contributed by atoms with van der Waals surface area (Å²) in [7, 11) is 0. The highest BCUT2D eigenvalue weighted by atomic mass is 35.5. The zero-order chi connectivity index (χ0) is 13.4. The van der Waals surface area contributed by atoms with Crippen LogP contribution in [0.15, 0.2) is 30.9 Å². The van der Waals surface area contributed by atoms with E-state index in [9.17, 15) is 4.79 Å². The van der Waals surface area contributed by atoms with Crippen molar-refractivity contribution in [2.75, 3.05) is 5.32 Å². The summed E-state index contributed by atoms with van der Waals surface area (Å²) in [4.78, 5) is 15.9. The summed E-state index contributed by atoms with van der Waals surface area (Å²) in [6.45, 7) is 2.07. The number of nitrogens with one attached hydrogen (secondary N) is 1. The van der Waals surface area contributed by atoms with Crippen molar-refractivity contribution in [2.24, 2.45) is 11.8 Å². The lowest BCUT2D eigenvalue weighted by Gasteiger charge is -2.12. The van der Waals surface area contributed by atoms with Crippen molar-refractivity contribution in [1.29, 1.82) is 0 Å². The fraction of sp³-hybridized carbons (Fsp3) is 0.308. The van der Waals surface area contributed by atoms with E-state index < -0.39 is 0 Å². The van der Waals surface area contributed by atoms with Crippen LogP contribution in [0, 0.1) is 11.8 Å². The third kappa shape index (κ3) is 2.33. The third-order valence-corrected chi connectivity index (χ3v) is 3.64. The molecule has 1 aromatic carbocycles. The number of amides is 1. The lowest BCUT2D eigenvalue weighted by atomic mass is 10.2. The van der Waals surface area contributed by atoms with Crippen LogP contribution in [-0.4, -0.2) is 20.7 Å². The highest BCUT2D eigenvalue weighted by Gasteiger charge is 2.39. The van der Waals surface area contributed by atoms with E-state index in [0.717, 1.165) is 6.42 Å². The molecule has 1 heterocycles. The first-order chi connectivity index (χ1) is 9.16. The molecule has 5 nitrogen and oxygen atoms in total. The molecule has 19 heavy (non-hydrogen) atoms. The van der Waals surface area contributed by atoms with Crippen LogP contribution >= 0.6 is 11.6 Å². The van der Waals surface area contributed by atoms with Gasteiger partial charge in [0.2, 0.25) is 5.91 Å². The Kier molecular flexibility index (Phi) is 2.98. The van der Waals surface area contributed by atoms with E-state index >= 15 is 0 Å². The Bertz CT molecular complexity index is 611. The number of anilines is 1. The average molecular weight is 277 g/mol. The van der Waals surface area contributed by atoms with Crippen LogP contribution in [0.3, 0.4) is 0 Å². The number of benzene rings is 1. The number of nitrogens with zero attached hydrogens (tertiary/aromatic N) is 3. The summed E-state index contributed by atoms with van der Waals surface area (Å²) in [5.74, 6) is 0.618. The van der Waals surface area contributed by atoms with Crippen molar-refractivity contribution in [3.8, 4) is 5.69 Å². The largest absolute Gasteiger partial charge is 0.324 e. The normalized spacial score (nSPS) is 21.2. The van der Waals surface area contributed by atoms with Gasteiger partial charge in [-0.3, -0.25) is 4.79 Å². The van der Waals surface area contributed by atoms with Gasteiger partial charge in [0, 0.05) is 5.92 Å². The van der Waals surface area contributed by atoms with E-state index in [-0.39, 0.29) is 11.8 Å². The fourth-order valence-electron chi connectivity index (χ4n) is 2.09. The van der Waals surface area contributed by atoms with Gasteiger partial charge in [-0.25, -0.2) is 9.67 Å². The van der Waals surface area contributed by atoms with Crippen molar-refractivity contribution in [3.05, 3.63) is 35.9 Å². The molecule has 2 unspecified atom stereocenters. The Morgan fingerprint density at radius 2 is 2.32 bits per heavy atom. The van der Waals surface area contributed by atoms with Crippen molar-refractivity contribution in [2.45, 2.75) is 13.3 Å². The molecule has 1 amide bonds. The molecule has 1 saturated carbocycles. The van der Waals surface area contributed by atoms with Crippen molar-refractivity contribution in [3.63, 3.8) is 0 Å². The highest BCUT2D eigenvalue weighted by molar-refractivity contribution is 6.33. The summed E-state index contributed by atoms with van der Waals surface area (Å²) < 4.78 is 1.55. The number of para-hydroxylation sites is 1. The second kappa shape index (κ2) is 4.66. The number of carbonyl (C=O) groups is 1. The monoisotopic (exact) mass is 276 g/mol. The molecular weight excluding hydrogens is 264 g/mol. The predicted molar refractivity (Wildman–Crippen MR) is 72.3 cm³/mol. The van der Waals surface area contributed by atoms with Gasteiger partial charge in [0.15, 0.2) is 0 Å². The number of hydrogen-bond donors (Lipinski definition) is 1. The van der Waals surface area contributed by atoms with E-state index in [1.54, 1.807) is 23.1 Å². The molecule has 0 bridgehead atoms. The van der Waals surface area contributed by atoms with Crippen molar-refractivity contribution >= 4 is 23.2 Å². The zero-order valence-electron chi connectivity index (χ0n) is 10.4. The van der Waals surface area contributed by atoms with Gasteiger partial charge in [-0.05, 0) is 24.5 Å². The Hall–Kier alpha value is -1.88. The average Bonchev–Trinajstić information content (AvgIpc) is 2.89. The molecule has 0 saturated heterocycles. The first-order valence-electron chi connectivity index (χ1n) is 6.11. The topological polar surface area (TPSA) is 59.8 Å². The Balaban J connectivity index is 1.93. The summed E-state index contributed by atoms with van der Waals surface area (Å²) in [6, 6.07) is 5.37. The van der Waals surface area contributed by atoms with Crippen LogP contribution in [0.5, 0.6) is 0 Å². The van der Waals surface area contributed by atoms with E-state index in [1.807, 2.05) is 6.07 Å². The molecule has 1 N–H and O–H groups in total. The van der Waals surface area contributed by atoms with Gasteiger partial charge < -0.3 is 5.32 Å². The molecule has 1 aromatic heterocycles. The number of hydrogen-bond acceptors (Lipinski definition) is 3. The summed E-state index contributed by atoms with van der Waals surface area (Å²) in [5, 5.41) is 7.50. The maximum absolute atomic E-state index is 12.0. The predicted octanol–water partition coefficient (Wildman–Crippen LogP) is 2.52. The maximum atomic E-state index is 12.0. The SMILES string of the molecule is CC1CC1C(=O)Nc1cccc(Cl)c1-n1cncn1. The number of aromatic nitrogens is 3. The smallest absolute Gasteiger partial charge is 0.227 e. The van der Waals surface area contributed by atoms with E-state index in [1.165, 1.54) is 6.33 Å². The molecule has 0 radical (unpaired) electrons. The number of rotatable bonds is 3. The molecule has 0 spiro atoms. The van der Waals surface area contributed by atoms with Gasteiger partial charge >= 0.3 is 0 Å². The van der Waals surface area contributed by atoms with Gasteiger partial charge in [0.05, 0.1) is 10.7 Å². The second-order valence-electron chi connectivity index (χ2n) is 4.78. The minimum Gasteiger partial charge on any atom is -0.324 e. The van der Waals surface area contributed by atoms with Gasteiger partial charge in [-0.1, -0.05) is 24.6 Å². The highest BCUT2D eigenvalue weighted by Crippen LogP contribution is 2.39. The molecule has 98 valence electrons. The Morgan fingerprint density at radius 1 is 1.53 bits per heavy atom. The van der Waals surface area contributed by atoms with Crippen LogP contribution in [0.4, 0.5) is 5.69 Å². The van der Waals surface area contributed by atoms with E-state index in [0.29, 0.717) is 22.3 Å². The molecule has 6 heteroatoms. The van der Waals surface area contributed by atoms with Crippen molar-refractivity contribution in [1.82, 2.24) is 14.8 Å². The first-order valence-corrected chi connectivity index (χ1v) is 6.49. The van der Waals surface area contributed by atoms with Crippen LogP contribution in [0.1, 0.15) is 13.3 Å². The molecular formula is C13H13ClN4O. The van der Waals surface area contributed by atoms with E-state index in [4.69, 9.17) is 11.6 Å². The summed E-state index contributed by atoms with van der Waals surface area (Å²) >= 11 is 6.19. The molecule has 1 aliphatic carbocycles. The lowest BCUT2D eigenvalue weighted by Crippen LogP contribution is -2.16. The fourth-order valence-corrected chi connectivity index (χ4v) is 2.35. The zero-order valence-corrected chi connectivity index (χ0v) is 11.1. The van der Waals surface area contributed by atoms with Crippen LogP contribution in [-0.2, 0) is 4.79 Å². The van der Waals surface area contributed by atoms with Gasteiger partial charge in [-0.2, -0.15) is 5.10 Å². The summed E-state index contributed by atoms with van der Waals surface area (Å²) in [5.41, 5.74) is 1.30. The van der Waals surface area contributed by atoms with Gasteiger partial charge in [0.25, 0.3) is 0 Å². The van der Waals surface area contributed by atoms with Crippen LogP contribution in [0.25, 0.3) is 5.69 Å². The Morgan fingerprint density at radius 3 is 2.95 bits per heavy atom. The van der Waals surface area contributed by atoms with Gasteiger partial charge in [-0.15, -0.1) is 0 Å². The molecule has 0 aliphatic heterocycles. The van der Waals surface area contributed by atoms with Crippen LogP contribution in [0.2, 0.25) is 5.02 Å². The lowest BCUT2D eigenvalue weighted by molar-refractivity contribution is -0.117. The molecule has 1 aliphatic rings. The minimum atomic E-state index is 0.0381. The molecule has 1 fully saturated rings. The standard InChI is InChI=1S/C13H13ClN4O/c1-8-5-9(8)13(19)17-11-4-2-3-10(14)12(11)18-7-15-6-16-18/h2-4,6-9H,5H2,1H3,(H,17,19). The van der Waals surface area contributed by atoms with Crippen LogP contribution < -0.4 is 5.32 Å². The Labute approximate surface area is 115 Å². The maximum Gasteiger partial charge on any atom is 0.227 e. The summed E-state index contributed by atoms with van der Waals surface area (Å²) in [6.07, 6.45) is 3.93. The molecule has 2 atom stereocenters. The van der Waals surface area contributed by atoms with E-state index in [2.05, 4.69) is 22.3 Å². The third-order valence-electron chi connectivity index (χ3n) is 3.34. The van der Waals surface area contributed by atoms with Crippen molar-refractivity contribution < 1.29 is 4.79 Å². The minimum absolute atomic E-state index is 0.0381. The first kappa shape index (κ1) is 12.2. The van der Waals surface area contributed by atoms with Gasteiger partial charge in [0.1, 0.15) is 18.3 Å². The molecule has 2 aromatic rings. The number of halogens is 1.